The van der Waals surface area contributed by atoms with E-state index in [0.29, 0.717) is 36.2 Å². The molecular weight excluding hydrogens is 262 g/mol. The fourth-order valence-corrected chi connectivity index (χ4v) is 3.15. The maximum Gasteiger partial charge on any atom is 0.343 e. The van der Waals surface area contributed by atoms with E-state index >= 15 is 0 Å². The quantitative estimate of drug-likeness (QED) is 0.802. The van der Waals surface area contributed by atoms with Gasteiger partial charge in [0, 0.05) is 19.2 Å². The molecule has 6 heteroatoms. The number of methoxy groups -OCH3 is 1. The lowest BCUT2D eigenvalue weighted by atomic mass is 9.85. The molecule has 0 aromatic carbocycles. The van der Waals surface area contributed by atoms with Gasteiger partial charge in [0.2, 0.25) is 0 Å². The number of fused-ring (bicyclic) bond motifs is 2. The number of esters is 1. The predicted molar refractivity (Wildman–Crippen MR) is 69.1 cm³/mol. The van der Waals surface area contributed by atoms with Gasteiger partial charge in [-0.2, -0.15) is 0 Å². The molecule has 3 rings (SSSR count). The monoisotopic (exact) mass is 279 g/mol. The van der Waals surface area contributed by atoms with Crippen molar-refractivity contribution < 1.29 is 19.4 Å². The van der Waals surface area contributed by atoms with Crippen molar-refractivity contribution in [2.45, 2.75) is 44.6 Å². The van der Waals surface area contributed by atoms with Crippen LogP contribution in [-0.4, -0.2) is 22.8 Å². The molecule has 1 aromatic rings. The van der Waals surface area contributed by atoms with E-state index in [4.69, 9.17) is 9.47 Å². The maximum absolute atomic E-state index is 12.5. The summed E-state index contributed by atoms with van der Waals surface area (Å²) in [6.45, 7) is 2.26. The Kier molecular flexibility index (Phi) is 2.95. The van der Waals surface area contributed by atoms with Crippen LogP contribution in [0, 0.1) is 0 Å². The van der Waals surface area contributed by atoms with Gasteiger partial charge in [-0.05, 0) is 18.9 Å². The third-order valence-electron chi connectivity index (χ3n) is 4.36. The van der Waals surface area contributed by atoms with Crippen molar-refractivity contribution in [2.24, 2.45) is 0 Å². The fourth-order valence-electron chi connectivity index (χ4n) is 3.15. The van der Waals surface area contributed by atoms with Crippen LogP contribution in [-0.2, 0) is 33.0 Å². The van der Waals surface area contributed by atoms with Crippen LogP contribution in [0.3, 0.4) is 0 Å². The van der Waals surface area contributed by atoms with Crippen LogP contribution >= 0.6 is 0 Å². The number of aliphatic hydroxyl groups excluding tert-OH is 1. The molecule has 0 radical (unpaired) electrons. The molecule has 0 saturated heterocycles. The minimum atomic E-state index is -1.25. The Balaban J connectivity index is 2.31. The molecule has 1 N–H and O–H groups in total. The third kappa shape index (κ3) is 1.52. The van der Waals surface area contributed by atoms with Crippen molar-refractivity contribution in [1.82, 2.24) is 4.57 Å². The first kappa shape index (κ1) is 13.3. The highest BCUT2D eigenvalue weighted by molar-refractivity contribution is 5.83. The van der Waals surface area contributed by atoms with Crippen LogP contribution in [0.5, 0.6) is 0 Å². The largest absolute Gasteiger partial charge is 0.458 e. The average Bonchev–Trinajstić information content (AvgIpc) is 2.82. The van der Waals surface area contributed by atoms with Gasteiger partial charge < -0.3 is 19.1 Å². The second kappa shape index (κ2) is 4.43. The number of carbonyl (C=O) groups excluding carboxylic acids is 1. The molecule has 0 saturated carbocycles. The Hall–Kier alpha value is -1.66. The molecule has 20 heavy (non-hydrogen) atoms. The fraction of sp³-hybridized carbons (Fsp3) is 0.571. The smallest absolute Gasteiger partial charge is 0.343 e. The molecule has 2 unspecified atom stereocenters. The lowest BCUT2D eigenvalue weighted by molar-refractivity contribution is -0.176. The second-order valence-corrected chi connectivity index (χ2v) is 5.18. The summed E-state index contributed by atoms with van der Waals surface area (Å²) in [5.74, 6) is -0.480. The van der Waals surface area contributed by atoms with Gasteiger partial charge in [-0.1, -0.05) is 6.92 Å². The van der Waals surface area contributed by atoms with Crippen molar-refractivity contribution in [3.63, 3.8) is 0 Å². The van der Waals surface area contributed by atoms with Gasteiger partial charge in [0.15, 0.2) is 5.60 Å². The minimum Gasteiger partial charge on any atom is -0.458 e. The first-order chi connectivity index (χ1) is 9.55. The molecule has 3 heterocycles. The summed E-state index contributed by atoms with van der Waals surface area (Å²) in [5.41, 5.74) is 0.0989. The van der Waals surface area contributed by atoms with E-state index in [1.54, 1.807) is 17.6 Å². The van der Waals surface area contributed by atoms with Crippen LogP contribution in [0.1, 0.15) is 42.7 Å². The molecule has 0 bridgehead atoms. The van der Waals surface area contributed by atoms with Crippen LogP contribution in [0.25, 0.3) is 0 Å². The van der Waals surface area contributed by atoms with Gasteiger partial charge in [0.1, 0.15) is 6.61 Å². The van der Waals surface area contributed by atoms with Gasteiger partial charge in [-0.15, -0.1) is 0 Å². The molecule has 6 nitrogen and oxygen atoms in total. The SMILES string of the molecule is CCC1(OC)C(=O)OCc2c1cc1n(c2=O)CCC1O. The topological polar surface area (TPSA) is 77.8 Å². The van der Waals surface area contributed by atoms with Gasteiger partial charge in [-0.3, -0.25) is 4.79 Å². The number of pyridine rings is 1. The lowest BCUT2D eigenvalue weighted by Crippen LogP contribution is -2.46. The highest BCUT2D eigenvalue weighted by Gasteiger charge is 2.47. The van der Waals surface area contributed by atoms with E-state index in [-0.39, 0.29) is 12.2 Å². The van der Waals surface area contributed by atoms with E-state index in [1.807, 2.05) is 0 Å². The summed E-state index contributed by atoms with van der Waals surface area (Å²) in [6.07, 6.45) is 0.213. The van der Waals surface area contributed by atoms with Gasteiger partial charge in [0.25, 0.3) is 5.56 Å². The predicted octanol–water partition coefficient (Wildman–Crippen LogP) is 0.594. The first-order valence-electron chi connectivity index (χ1n) is 6.72. The van der Waals surface area contributed by atoms with E-state index in [1.165, 1.54) is 7.11 Å². The Labute approximate surface area is 115 Å². The van der Waals surface area contributed by atoms with Crippen LogP contribution < -0.4 is 5.56 Å². The normalized spacial score (nSPS) is 27.9. The van der Waals surface area contributed by atoms with E-state index in [9.17, 15) is 14.7 Å². The molecule has 0 amide bonds. The number of aromatic nitrogens is 1. The molecule has 0 fully saturated rings. The molecule has 2 aliphatic heterocycles. The Bertz CT molecular complexity index is 629. The average molecular weight is 279 g/mol. The van der Waals surface area contributed by atoms with Gasteiger partial charge >= 0.3 is 5.97 Å². The molecule has 0 aliphatic carbocycles. The van der Waals surface area contributed by atoms with Gasteiger partial charge in [0.05, 0.1) is 17.4 Å². The molecule has 108 valence electrons. The summed E-state index contributed by atoms with van der Waals surface area (Å²) >= 11 is 0. The summed E-state index contributed by atoms with van der Waals surface area (Å²) < 4.78 is 12.1. The first-order valence-corrected chi connectivity index (χ1v) is 6.72. The number of cyclic esters (lactones) is 1. The maximum atomic E-state index is 12.5. The number of hydrogen-bond acceptors (Lipinski definition) is 5. The highest BCUT2D eigenvalue weighted by Crippen LogP contribution is 2.38. The lowest BCUT2D eigenvalue weighted by Gasteiger charge is -2.35. The second-order valence-electron chi connectivity index (χ2n) is 5.18. The number of rotatable bonds is 2. The number of aliphatic hydroxyl groups is 1. The van der Waals surface area contributed by atoms with E-state index < -0.39 is 17.7 Å². The van der Waals surface area contributed by atoms with Crippen LogP contribution in [0.2, 0.25) is 0 Å². The van der Waals surface area contributed by atoms with Crippen molar-refractivity contribution in [1.29, 1.82) is 0 Å². The summed E-state index contributed by atoms with van der Waals surface area (Å²) in [4.78, 5) is 24.6. The molecule has 1 aromatic heterocycles. The summed E-state index contributed by atoms with van der Waals surface area (Å²) in [5, 5.41) is 9.97. The zero-order valence-corrected chi connectivity index (χ0v) is 11.5. The zero-order chi connectivity index (χ0) is 14.5. The Morgan fingerprint density at radius 3 is 2.95 bits per heavy atom. The van der Waals surface area contributed by atoms with Crippen molar-refractivity contribution >= 4 is 5.97 Å². The highest BCUT2D eigenvalue weighted by atomic mass is 16.6. The van der Waals surface area contributed by atoms with Crippen molar-refractivity contribution in [3.8, 4) is 0 Å². The van der Waals surface area contributed by atoms with E-state index in [2.05, 4.69) is 0 Å². The van der Waals surface area contributed by atoms with Crippen LogP contribution in [0.4, 0.5) is 0 Å². The molecular formula is C14H17NO5. The van der Waals surface area contributed by atoms with Gasteiger partial charge in [-0.25, -0.2) is 4.79 Å². The number of hydrogen-bond donors (Lipinski definition) is 1. The molecule has 2 atom stereocenters. The minimum absolute atomic E-state index is 0.0332. The van der Waals surface area contributed by atoms with Crippen molar-refractivity contribution in [2.75, 3.05) is 7.11 Å². The van der Waals surface area contributed by atoms with Crippen LogP contribution in [0.15, 0.2) is 10.9 Å². The molecule has 2 aliphatic rings. The summed E-state index contributed by atoms with van der Waals surface area (Å²) in [6, 6.07) is 1.72. The standard InChI is InChI=1S/C14H17NO5/c1-3-14(19-2)9-6-10-11(16)4-5-15(10)12(17)8(9)7-20-13(14)18/h6,11,16H,3-5,7H2,1-2H3. The number of ether oxygens (including phenoxy) is 2. The Morgan fingerprint density at radius 2 is 2.30 bits per heavy atom. The molecule has 0 spiro atoms. The van der Waals surface area contributed by atoms with E-state index in [0.717, 1.165) is 0 Å². The summed E-state index contributed by atoms with van der Waals surface area (Å²) in [7, 11) is 1.43. The number of nitrogens with zero attached hydrogens (tertiary/aromatic N) is 1. The zero-order valence-electron chi connectivity index (χ0n) is 11.5. The van der Waals surface area contributed by atoms with Crippen molar-refractivity contribution in [3.05, 3.63) is 33.2 Å². The number of carbonyl (C=O) groups is 1. The third-order valence-corrected chi connectivity index (χ3v) is 4.36. The Morgan fingerprint density at radius 1 is 1.55 bits per heavy atom.